The molecule has 1 atom stereocenters. The van der Waals surface area contributed by atoms with Gasteiger partial charge in [-0.25, -0.2) is 9.37 Å². The summed E-state index contributed by atoms with van der Waals surface area (Å²) < 4.78 is 21.3. The molecule has 4 aromatic rings. The lowest BCUT2D eigenvalue weighted by molar-refractivity contribution is 0.0940. The molecular formula is C23H17FN2O2. The van der Waals surface area contributed by atoms with E-state index in [0.717, 1.165) is 16.6 Å². The van der Waals surface area contributed by atoms with Crippen LogP contribution in [0.4, 0.5) is 4.39 Å². The number of fused-ring (bicyclic) bond motifs is 2. The van der Waals surface area contributed by atoms with Crippen LogP contribution in [0.1, 0.15) is 34.3 Å². The number of ether oxygens (including phenoxy) is 1. The quantitative estimate of drug-likeness (QED) is 0.501. The Morgan fingerprint density at radius 1 is 1.04 bits per heavy atom. The molecular weight excluding hydrogens is 355 g/mol. The van der Waals surface area contributed by atoms with Gasteiger partial charge >= 0.3 is 0 Å². The summed E-state index contributed by atoms with van der Waals surface area (Å²) in [4.78, 5) is 18.0. The van der Waals surface area contributed by atoms with Crippen molar-refractivity contribution in [2.24, 2.45) is 0 Å². The van der Waals surface area contributed by atoms with Gasteiger partial charge in [-0.2, -0.15) is 0 Å². The molecule has 5 rings (SSSR count). The molecule has 5 heteroatoms. The van der Waals surface area contributed by atoms with Gasteiger partial charge in [0.05, 0.1) is 11.0 Å². The van der Waals surface area contributed by atoms with Gasteiger partial charge in [-0.3, -0.25) is 9.36 Å². The molecule has 2 heterocycles. The highest BCUT2D eigenvalue weighted by atomic mass is 19.1. The third-order valence-corrected chi connectivity index (χ3v) is 5.07. The molecule has 4 nitrogen and oxygen atoms in total. The van der Waals surface area contributed by atoms with E-state index in [9.17, 15) is 9.18 Å². The van der Waals surface area contributed by atoms with Crippen LogP contribution >= 0.6 is 0 Å². The molecule has 0 saturated heterocycles. The van der Waals surface area contributed by atoms with Crippen molar-refractivity contribution in [2.45, 2.75) is 18.9 Å². The zero-order valence-electron chi connectivity index (χ0n) is 15.0. The third kappa shape index (κ3) is 2.76. The number of benzene rings is 3. The number of halogens is 1. The Bertz CT molecular complexity index is 1180. The van der Waals surface area contributed by atoms with Crippen LogP contribution in [-0.2, 0) is 6.42 Å². The summed E-state index contributed by atoms with van der Waals surface area (Å²) >= 11 is 0. The second-order valence-electron chi connectivity index (χ2n) is 6.86. The Hall–Kier alpha value is -3.47. The summed E-state index contributed by atoms with van der Waals surface area (Å²) in [6, 6.07) is 21.2. The van der Waals surface area contributed by atoms with E-state index in [4.69, 9.17) is 9.72 Å². The molecule has 0 amide bonds. The van der Waals surface area contributed by atoms with Gasteiger partial charge in [0.15, 0.2) is 11.9 Å². The number of aromatic nitrogens is 2. The van der Waals surface area contributed by atoms with Gasteiger partial charge < -0.3 is 4.74 Å². The predicted molar refractivity (Wildman–Crippen MR) is 104 cm³/mol. The number of hydrogen-bond donors (Lipinski definition) is 0. The first-order valence-corrected chi connectivity index (χ1v) is 9.23. The summed E-state index contributed by atoms with van der Waals surface area (Å²) in [7, 11) is 0. The summed E-state index contributed by atoms with van der Waals surface area (Å²) in [5, 5.41) is 0. The van der Waals surface area contributed by atoms with Crippen LogP contribution in [0.2, 0.25) is 0 Å². The number of aryl methyl sites for hydroxylation is 1. The first-order chi connectivity index (χ1) is 13.7. The van der Waals surface area contributed by atoms with Crippen molar-refractivity contribution in [3.05, 3.63) is 95.6 Å². The minimum atomic E-state index is -0.377. The molecule has 3 aromatic carbocycles. The van der Waals surface area contributed by atoms with Crippen LogP contribution in [0.25, 0.3) is 11.0 Å². The lowest BCUT2D eigenvalue weighted by Crippen LogP contribution is -2.23. The summed E-state index contributed by atoms with van der Waals surface area (Å²) in [6.07, 6.45) is 0.917. The van der Waals surface area contributed by atoms with Crippen LogP contribution in [-0.4, -0.2) is 15.5 Å². The van der Waals surface area contributed by atoms with E-state index in [1.807, 2.05) is 42.5 Å². The zero-order valence-corrected chi connectivity index (χ0v) is 15.0. The number of rotatable bonds is 2. The fourth-order valence-electron chi connectivity index (χ4n) is 3.72. The fraction of sp³-hybridized carbons (Fsp3) is 0.130. The van der Waals surface area contributed by atoms with Gasteiger partial charge in [-0.15, -0.1) is 0 Å². The molecule has 0 N–H and O–H groups in total. The molecule has 0 bridgehead atoms. The standard InChI is InChI=1S/C23H17FN2O2/c24-17-11-13-20-16(14-17)10-12-21(28-20)22-25-18-8-4-5-9-19(18)26(22)23(27)15-6-2-1-3-7-15/h1-9,11,13-14,21H,10,12H2. The van der Waals surface area contributed by atoms with E-state index in [1.165, 1.54) is 12.1 Å². The van der Waals surface area contributed by atoms with E-state index in [0.29, 0.717) is 30.0 Å². The van der Waals surface area contributed by atoms with Gasteiger partial charge in [0.1, 0.15) is 11.6 Å². The topological polar surface area (TPSA) is 44.1 Å². The average Bonchev–Trinajstić information content (AvgIpc) is 3.13. The van der Waals surface area contributed by atoms with Crippen LogP contribution in [0.3, 0.4) is 0 Å². The van der Waals surface area contributed by atoms with Gasteiger partial charge in [0, 0.05) is 5.56 Å². The van der Waals surface area contributed by atoms with Crippen molar-refractivity contribution in [3.63, 3.8) is 0 Å². The molecule has 0 spiro atoms. The SMILES string of the molecule is O=C(c1ccccc1)n1c(C2CCc3cc(F)ccc3O2)nc2ccccc21. The highest BCUT2D eigenvalue weighted by molar-refractivity contribution is 6.01. The Labute approximate surface area is 161 Å². The number of carbonyl (C=O) groups is 1. The van der Waals surface area contributed by atoms with E-state index >= 15 is 0 Å². The summed E-state index contributed by atoms with van der Waals surface area (Å²) in [5.41, 5.74) is 2.92. The zero-order chi connectivity index (χ0) is 19.1. The smallest absolute Gasteiger partial charge is 0.263 e. The lowest BCUT2D eigenvalue weighted by Gasteiger charge is -2.26. The Morgan fingerprint density at radius 3 is 2.68 bits per heavy atom. The molecule has 1 aliphatic heterocycles. The van der Waals surface area contributed by atoms with E-state index in [2.05, 4.69) is 0 Å². The van der Waals surface area contributed by atoms with Crippen LogP contribution in [0, 0.1) is 5.82 Å². The van der Waals surface area contributed by atoms with Crippen molar-refractivity contribution in [1.29, 1.82) is 0 Å². The molecule has 0 aliphatic carbocycles. The van der Waals surface area contributed by atoms with E-state index in [1.54, 1.807) is 22.8 Å². The second-order valence-corrected chi connectivity index (χ2v) is 6.86. The van der Waals surface area contributed by atoms with Crippen molar-refractivity contribution in [3.8, 4) is 5.75 Å². The maximum absolute atomic E-state index is 13.5. The number of carbonyl (C=O) groups excluding carboxylic acids is 1. The Kier molecular flexibility index (Phi) is 3.93. The largest absolute Gasteiger partial charge is 0.482 e. The maximum Gasteiger partial charge on any atom is 0.263 e. The van der Waals surface area contributed by atoms with E-state index < -0.39 is 0 Å². The van der Waals surface area contributed by atoms with Gasteiger partial charge in [-0.05, 0) is 60.9 Å². The number of hydrogen-bond acceptors (Lipinski definition) is 3. The Balaban J connectivity index is 1.62. The van der Waals surface area contributed by atoms with Crippen LogP contribution in [0.15, 0.2) is 72.8 Å². The molecule has 0 radical (unpaired) electrons. The first kappa shape index (κ1) is 16.7. The summed E-state index contributed by atoms with van der Waals surface area (Å²) in [6.45, 7) is 0. The third-order valence-electron chi connectivity index (χ3n) is 5.07. The summed E-state index contributed by atoms with van der Waals surface area (Å²) in [5.74, 6) is 0.804. The van der Waals surface area contributed by atoms with Gasteiger partial charge in [0.2, 0.25) is 0 Å². The van der Waals surface area contributed by atoms with Gasteiger partial charge in [0.25, 0.3) is 5.91 Å². The molecule has 138 valence electrons. The van der Waals surface area contributed by atoms with Crippen LogP contribution in [0.5, 0.6) is 5.75 Å². The average molecular weight is 372 g/mol. The minimum Gasteiger partial charge on any atom is -0.482 e. The van der Waals surface area contributed by atoms with Gasteiger partial charge in [-0.1, -0.05) is 30.3 Å². The predicted octanol–water partition coefficient (Wildman–Crippen LogP) is 4.93. The first-order valence-electron chi connectivity index (χ1n) is 9.23. The second kappa shape index (κ2) is 6.60. The van der Waals surface area contributed by atoms with Crippen molar-refractivity contribution >= 4 is 16.9 Å². The highest BCUT2D eigenvalue weighted by Gasteiger charge is 2.29. The van der Waals surface area contributed by atoms with Crippen LogP contribution < -0.4 is 4.74 Å². The molecule has 1 aromatic heterocycles. The minimum absolute atomic E-state index is 0.141. The highest BCUT2D eigenvalue weighted by Crippen LogP contribution is 2.36. The Morgan fingerprint density at radius 2 is 1.82 bits per heavy atom. The lowest BCUT2D eigenvalue weighted by atomic mass is 10.0. The van der Waals surface area contributed by atoms with Crippen molar-refractivity contribution in [2.75, 3.05) is 0 Å². The molecule has 0 fully saturated rings. The molecule has 1 unspecified atom stereocenters. The van der Waals surface area contributed by atoms with Crippen molar-refractivity contribution < 1.29 is 13.9 Å². The molecule has 0 saturated carbocycles. The number of para-hydroxylation sites is 2. The monoisotopic (exact) mass is 372 g/mol. The number of imidazole rings is 1. The van der Waals surface area contributed by atoms with Crippen molar-refractivity contribution in [1.82, 2.24) is 9.55 Å². The van der Waals surface area contributed by atoms with E-state index in [-0.39, 0.29) is 17.8 Å². The fourth-order valence-corrected chi connectivity index (χ4v) is 3.72. The normalized spacial score (nSPS) is 15.8. The molecule has 28 heavy (non-hydrogen) atoms. The number of nitrogens with zero attached hydrogens (tertiary/aromatic N) is 2. The maximum atomic E-state index is 13.5. The molecule has 1 aliphatic rings.